The van der Waals surface area contributed by atoms with Crippen molar-refractivity contribution in [3.05, 3.63) is 11.8 Å². The van der Waals surface area contributed by atoms with Gasteiger partial charge in [-0.1, -0.05) is 0 Å². The second kappa shape index (κ2) is 3.12. The van der Waals surface area contributed by atoms with Crippen LogP contribution in [-0.2, 0) is 4.79 Å². The van der Waals surface area contributed by atoms with Gasteiger partial charge in [0.1, 0.15) is 0 Å². The molecule has 0 bridgehead atoms. The van der Waals surface area contributed by atoms with E-state index in [9.17, 15) is 9.59 Å². The fourth-order valence-electron chi connectivity index (χ4n) is 0.754. The van der Waals surface area contributed by atoms with E-state index < -0.39 is 12.2 Å². The molecule has 0 aromatic rings. The van der Waals surface area contributed by atoms with Crippen molar-refractivity contribution in [1.82, 2.24) is 5.32 Å². The van der Waals surface area contributed by atoms with Crippen LogP contribution in [0.3, 0.4) is 0 Å². The summed E-state index contributed by atoms with van der Waals surface area (Å²) >= 11 is 0. The van der Waals surface area contributed by atoms with Gasteiger partial charge in [-0.05, 0) is 6.92 Å². The third-order valence-corrected chi connectivity index (χ3v) is 1.23. The van der Waals surface area contributed by atoms with E-state index in [2.05, 4.69) is 15.5 Å². The van der Waals surface area contributed by atoms with Gasteiger partial charge in [-0.2, -0.15) is 10.2 Å². The molecule has 12 heavy (non-hydrogen) atoms. The van der Waals surface area contributed by atoms with E-state index in [-0.39, 0.29) is 5.78 Å². The smallest absolute Gasteiger partial charge is 0.314 e. The summed E-state index contributed by atoms with van der Waals surface area (Å²) in [6.07, 6.45) is 0.347. The SMILES string of the molecule is CC1=CC(=O)C(NC(N)=O)N=N1. The lowest BCUT2D eigenvalue weighted by atomic mass is 10.2. The van der Waals surface area contributed by atoms with Crippen LogP contribution in [0.25, 0.3) is 0 Å². The Bertz CT molecular complexity index is 281. The molecule has 3 N–H and O–H groups in total. The average molecular weight is 168 g/mol. The number of hydrogen-bond acceptors (Lipinski definition) is 4. The van der Waals surface area contributed by atoms with E-state index in [1.807, 2.05) is 0 Å². The van der Waals surface area contributed by atoms with Crippen molar-refractivity contribution in [3.63, 3.8) is 0 Å². The predicted molar refractivity (Wildman–Crippen MR) is 40.1 cm³/mol. The van der Waals surface area contributed by atoms with Gasteiger partial charge in [0.25, 0.3) is 0 Å². The Hall–Kier alpha value is -1.72. The van der Waals surface area contributed by atoms with E-state index in [0.717, 1.165) is 0 Å². The number of azo groups is 1. The standard InChI is InChI=1S/C6H8N4O2/c1-3-2-4(11)5(10-9-3)8-6(7)12/h2,5H,1H3,(H3,7,8,12). The number of nitrogens with zero attached hydrogens (tertiary/aromatic N) is 2. The van der Waals surface area contributed by atoms with E-state index in [1.54, 1.807) is 6.92 Å². The van der Waals surface area contributed by atoms with E-state index >= 15 is 0 Å². The third kappa shape index (κ3) is 1.88. The summed E-state index contributed by atoms with van der Waals surface area (Å²) in [6.45, 7) is 1.64. The highest BCUT2D eigenvalue weighted by Gasteiger charge is 2.19. The van der Waals surface area contributed by atoms with Gasteiger partial charge >= 0.3 is 6.03 Å². The number of rotatable bonds is 1. The van der Waals surface area contributed by atoms with Crippen molar-refractivity contribution < 1.29 is 9.59 Å². The van der Waals surface area contributed by atoms with Crippen molar-refractivity contribution in [3.8, 4) is 0 Å². The Labute approximate surface area is 68.5 Å². The van der Waals surface area contributed by atoms with Crippen LogP contribution in [0.1, 0.15) is 6.92 Å². The normalized spacial score (nSPS) is 21.9. The number of carbonyl (C=O) groups is 2. The number of amides is 2. The van der Waals surface area contributed by atoms with Crippen LogP contribution in [-0.4, -0.2) is 18.0 Å². The first-order valence-corrected chi connectivity index (χ1v) is 3.28. The predicted octanol–water partition coefficient (Wildman–Crippen LogP) is -0.0805. The molecule has 0 aromatic heterocycles. The third-order valence-electron chi connectivity index (χ3n) is 1.23. The van der Waals surface area contributed by atoms with Crippen LogP contribution in [0.15, 0.2) is 22.0 Å². The van der Waals surface area contributed by atoms with E-state index in [4.69, 9.17) is 5.73 Å². The summed E-state index contributed by atoms with van der Waals surface area (Å²) in [6, 6.07) is -0.791. The molecule has 2 amide bonds. The molecule has 1 rings (SSSR count). The number of hydrogen-bond donors (Lipinski definition) is 2. The first-order chi connectivity index (χ1) is 5.59. The molecule has 1 aliphatic rings. The monoisotopic (exact) mass is 168 g/mol. The highest BCUT2D eigenvalue weighted by atomic mass is 16.2. The number of ketones is 1. The topological polar surface area (TPSA) is 96.9 Å². The molecule has 0 fully saturated rings. The summed E-state index contributed by atoms with van der Waals surface area (Å²) in [7, 11) is 0. The number of nitrogens with one attached hydrogen (secondary N) is 1. The van der Waals surface area contributed by atoms with Crippen LogP contribution in [0.2, 0.25) is 0 Å². The van der Waals surface area contributed by atoms with Crippen LogP contribution >= 0.6 is 0 Å². The van der Waals surface area contributed by atoms with Crippen molar-refractivity contribution in [2.24, 2.45) is 16.0 Å². The van der Waals surface area contributed by atoms with Gasteiger partial charge in [-0.15, -0.1) is 0 Å². The Kier molecular flexibility index (Phi) is 2.18. The van der Waals surface area contributed by atoms with Gasteiger partial charge < -0.3 is 11.1 Å². The van der Waals surface area contributed by atoms with Crippen LogP contribution in [0, 0.1) is 0 Å². The number of carbonyl (C=O) groups excluding carboxylic acids is 2. The fraction of sp³-hybridized carbons (Fsp3) is 0.333. The zero-order valence-corrected chi connectivity index (χ0v) is 6.44. The maximum Gasteiger partial charge on any atom is 0.314 e. The molecule has 1 unspecified atom stereocenters. The van der Waals surface area contributed by atoms with Crippen molar-refractivity contribution in [2.45, 2.75) is 13.1 Å². The maximum absolute atomic E-state index is 11.0. The lowest BCUT2D eigenvalue weighted by molar-refractivity contribution is -0.116. The summed E-state index contributed by atoms with van der Waals surface area (Å²) in [5, 5.41) is 9.27. The first-order valence-electron chi connectivity index (χ1n) is 3.28. The second-order valence-electron chi connectivity index (χ2n) is 2.31. The minimum Gasteiger partial charge on any atom is -0.352 e. The van der Waals surface area contributed by atoms with Gasteiger partial charge in [0, 0.05) is 6.08 Å². The molecule has 0 aromatic carbocycles. The van der Waals surface area contributed by atoms with Crippen LogP contribution in [0.4, 0.5) is 4.79 Å². The quantitative estimate of drug-likeness (QED) is 0.572. The number of primary amides is 1. The second-order valence-corrected chi connectivity index (χ2v) is 2.31. The Morgan fingerprint density at radius 3 is 2.92 bits per heavy atom. The van der Waals surface area contributed by atoms with Crippen molar-refractivity contribution in [1.29, 1.82) is 0 Å². The van der Waals surface area contributed by atoms with Crippen LogP contribution in [0.5, 0.6) is 0 Å². The molecule has 64 valence electrons. The molecule has 6 nitrogen and oxygen atoms in total. The maximum atomic E-state index is 11.0. The molecular formula is C6H8N4O2. The zero-order chi connectivity index (χ0) is 9.14. The fourth-order valence-corrected chi connectivity index (χ4v) is 0.754. The molecule has 0 saturated heterocycles. The summed E-state index contributed by atoms with van der Waals surface area (Å²) in [4.78, 5) is 21.4. The molecule has 1 aliphatic heterocycles. The highest BCUT2D eigenvalue weighted by Crippen LogP contribution is 2.06. The van der Waals surface area contributed by atoms with Crippen LogP contribution < -0.4 is 11.1 Å². The minimum atomic E-state index is -0.953. The minimum absolute atomic E-state index is 0.318. The van der Waals surface area contributed by atoms with Gasteiger partial charge in [0.15, 0.2) is 0 Å². The molecular weight excluding hydrogens is 160 g/mol. The van der Waals surface area contributed by atoms with Gasteiger partial charge in [0.05, 0.1) is 5.70 Å². The number of allylic oxidation sites excluding steroid dienone is 1. The molecule has 6 heteroatoms. The van der Waals surface area contributed by atoms with Gasteiger partial charge in [-0.3, -0.25) is 4.79 Å². The first kappa shape index (κ1) is 8.38. The van der Waals surface area contributed by atoms with Crippen molar-refractivity contribution in [2.75, 3.05) is 0 Å². The highest BCUT2D eigenvalue weighted by molar-refractivity contribution is 5.97. The summed E-state index contributed by atoms with van der Waals surface area (Å²) in [5.74, 6) is -0.318. The number of nitrogens with two attached hydrogens (primary N) is 1. The summed E-state index contributed by atoms with van der Waals surface area (Å²) < 4.78 is 0. The molecule has 0 aliphatic carbocycles. The van der Waals surface area contributed by atoms with E-state index in [0.29, 0.717) is 5.70 Å². The Balaban J connectivity index is 2.66. The summed E-state index contributed by atoms with van der Waals surface area (Å²) in [5.41, 5.74) is 5.31. The van der Waals surface area contributed by atoms with Gasteiger partial charge in [-0.25, -0.2) is 4.79 Å². The largest absolute Gasteiger partial charge is 0.352 e. The average Bonchev–Trinajstić information content (AvgIpc) is 1.94. The van der Waals surface area contributed by atoms with E-state index in [1.165, 1.54) is 6.08 Å². The lowest BCUT2D eigenvalue weighted by Gasteiger charge is -2.11. The Morgan fingerprint density at radius 1 is 1.75 bits per heavy atom. The van der Waals surface area contributed by atoms with Crippen molar-refractivity contribution >= 4 is 11.8 Å². The zero-order valence-electron chi connectivity index (χ0n) is 6.44. The molecule has 1 heterocycles. The van der Waals surface area contributed by atoms with Gasteiger partial charge in [0.2, 0.25) is 11.9 Å². The lowest BCUT2D eigenvalue weighted by Crippen LogP contribution is -2.42. The Morgan fingerprint density at radius 2 is 2.42 bits per heavy atom. The molecule has 0 radical (unpaired) electrons. The molecule has 1 atom stereocenters. The molecule has 0 spiro atoms. The molecule has 0 saturated carbocycles. The number of urea groups is 1.